The lowest BCUT2D eigenvalue weighted by Gasteiger charge is -2.06. The van der Waals surface area contributed by atoms with Gasteiger partial charge < -0.3 is 10.6 Å². The molecule has 0 saturated heterocycles. The molecule has 0 aliphatic rings. The molecule has 0 fully saturated rings. The normalized spacial score (nSPS) is 10.3. The molecule has 0 amide bonds. The molecule has 0 radical (unpaired) electrons. The first-order valence-corrected chi connectivity index (χ1v) is 6.06. The van der Waals surface area contributed by atoms with Crippen LogP contribution in [0.5, 0.6) is 0 Å². The van der Waals surface area contributed by atoms with Crippen molar-refractivity contribution in [3.63, 3.8) is 0 Å². The summed E-state index contributed by atoms with van der Waals surface area (Å²) in [6.07, 6.45) is 4.38. The first-order valence-electron chi connectivity index (χ1n) is 6.06. The first-order chi connectivity index (χ1) is 8.78. The highest BCUT2D eigenvalue weighted by Gasteiger charge is 1.99. The van der Waals surface area contributed by atoms with Crippen molar-refractivity contribution < 1.29 is 0 Å². The van der Waals surface area contributed by atoms with Crippen LogP contribution in [-0.2, 0) is 13.5 Å². The van der Waals surface area contributed by atoms with Crippen LogP contribution in [0, 0.1) is 0 Å². The highest BCUT2D eigenvalue weighted by molar-refractivity contribution is 5.46. The average molecular weight is 246 g/mol. The number of nitrogens with one attached hydrogen (secondary N) is 2. The molecular formula is C12H18N6. The van der Waals surface area contributed by atoms with Crippen LogP contribution in [0.4, 0.5) is 11.6 Å². The van der Waals surface area contributed by atoms with E-state index in [1.165, 1.54) is 0 Å². The van der Waals surface area contributed by atoms with Crippen molar-refractivity contribution in [2.45, 2.75) is 13.3 Å². The van der Waals surface area contributed by atoms with E-state index in [0.29, 0.717) is 0 Å². The topological polar surface area (TPSA) is 67.7 Å². The summed E-state index contributed by atoms with van der Waals surface area (Å²) in [5.74, 6) is 1.67. The molecule has 0 bridgehead atoms. The zero-order valence-corrected chi connectivity index (χ0v) is 10.7. The SMILES string of the molecule is CCNc1cc(NCCc2ccn(C)n2)ncn1. The molecule has 18 heavy (non-hydrogen) atoms. The number of anilines is 2. The second-order valence-electron chi connectivity index (χ2n) is 3.98. The monoisotopic (exact) mass is 246 g/mol. The minimum atomic E-state index is 0.805. The van der Waals surface area contributed by atoms with Gasteiger partial charge in [0, 0.05) is 38.8 Å². The van der Waals surface area contributed by atoms with Gasteiger partial charge in [0.25, 0.3) is 0 Å². The summed E-state index contributed by atoms with van der Waals surface area (Å²) in [4.78, 5) is 8.29. The van der Waals surface area contributed by atoms with Crippen LogP contribution >= 0.6 is 0 Å². The Morgan fingerprint density at radius 2 is 2.00 bits per heavy atom. The fraction of sp³-hybridized carbons (Fsp3) is 0.417. The van der Waals surface area contributed by atoms with Gasteiger partial charge in [-0.3, -0.25) is 4.68 Å². The van der Waals surface area contributed by atoms with E-state index in [4.69, 9.17) is 0 Å². The molecule has 2 aromatic heterocycles. The van der Waals surface area contributed by atoms with Crippen molar-refractivity contribution in [1.82, 2.24) is 19.7 Å². The van der Waals surface area contributed by atoms with Crippen LogP contribution in [0.1, 0.15) is 12.6 Å². The summed E-state index contributed by atoms with van der Waals surface area (Å²) in [5.41, 5.74) is 1.07. The predicted octanol–water partition coefficient (Wildman–Crippen LogP) is 1.30. The maximum Gasteiger partial charge on any atom is 0.131 e. The molecule has 0 saturated carbocycles. The van der Waals surface area contributed by atoms with Gasteiger partial charge in [-0.15, -0.1) is 0 Å². The Morgan fingerprint density at radius 3 is 2.67 bits per heavy atom. The van der Waals surface area contributed by atoms with Gasteiger partial charge in [0.2, 0.25) is 0 Å². The number of hydrogen-bond donors (Lipinski definition) is 2. The van der Waals surface area contributed by atoms with Crippen LogP contribution in [-0.4, -0.2) is 32.8 Å². The number of nitrogens with zero attached hydrogens (tertiary/aromatic N) is 4. The van der Waals surface area contributed by atoms with Crippen LogP contribution in [0.25, 0.3) is 0 Å². The Morgan fingerprint density at radius 1 is 1.22 bits per heavy atom. The van der Waals surface area contributed by atoms with Crippen molar-refractivity contribution >= 4 is 11.6 Å². The Hall–Kier alpha value is -2.11. The molecule has 0 aromatic carbocycles. The average Bonchev–Trinajstić information content (AvgIpc) is 2.76. The molecule has 2 aromatic rings. The van der Waals surface area contributed by atoms with Gasteiger partial charge in [-0.25, -0.2) is 9.97 Å². The van der Waals surface area contributed by atoms with Gasteiger partial charge in [-0.1, -0.05) is 0 Å². The lowest BCUT2D eigenvalue weighted by molar-refractivity contribution is 0.742. The summed E-state index contributed by atoms with van der Waals surface area (Å²) in [5, 5.41) is 10.7. The Bertz CT molecular complexity index is 493. The summed E-state index contributed by atoms with van der Waals surface area (Å²) >= 11 is 0. The molecule has 96 valence electrons. The number of aryl methyl sites for hydroxylation is 1. The van der Waals surface area contributed by atoms with Crippen molar-refractivity contribution in [3.05, 3.63) is 30.4 Å². The smallest absolute Gasteiger partial charge is 0.131 e. The molecule has 0 unspecified atom stereocenters. The number of hydrogen-bond acceptors (Lipinski definition) is 5. The van der Waals surface area contributed by atoms with E-state index < -0.39 is 0 Å². The summed E-state index contributed by atoms with van der Waals surface area (Å²) in [7, 11) is 1.92. The molecule has 6 nitrogen and oxygen atoms in total. The van der Waals surface area contributed by atoms with E-state index in [-0.39, 0.29) is 0 Å². The van der Waals surface area contributed by atoms with Crippen molar-refractivity contribution in [2.75, 3.05) is 23.7 Å². The third kappa shape index (κ3) is 3.44. The lowest BCUT2D eigenvalue weighted by atomic mass is 10.3. The largest absolute Gasteiger partial charge is 0.370 e. The van der Waals surface area contributed by atoms with Crippen molar-refractivity contribution in [2.24, 2.45) is 7.05 Å². The second kappa shape index (κ2) is 6.00. The molecule has 0 aliphatic heterocycles. The van der Waals surface area contributed by atoms with Crippen LogP contribution in [0.15, 0.2) is 24.7 Å². The van der Waals surface area contributed by atoms with Crippen molar-refractivity contribution in [1.29, 1.82) is 0 Å². The second-order valence-corrected chi connectivity index (χ2v) is 3.98. The standard InChI is InChI=1S/C12H18N6/c1-3-13-11-8-12(16-9-15-11)14-6-4-10-5-7-18(2)17-10/h5,7-9H,3-4,6H2,1-2H3,(H2,13,14,15,16). The molecule has 2 N–H and O–H groups in total. The molecule has 2 rings (SSSR count). The third-order valence-corrected chi connectivity index (χ3v) is 2.48. The molecular weight excluding hydrogens is 228 g/mol. The Kier molecular flexibility index (Phi) is 4.11. The van der Waals surface area contributed by atoms with Crippen LogP contribution < -0.4 is 10.6 Å². The van der Waals surface area contributed by atoms with E-state index in [2.05, 4.69) is 25.7 Å². The Balaban J connectivity index is 1.84. The number of aromatic nitrogens is 4. The minimum absolute atomic E-state index is 0.805. The summed E-state index contributed by atoms with van der Waals surface area (Å²) in [6.45, 7) is 3.69. The van der Waals surface area contributed by atoms with Gasteiger partial charge in [-0.05, 0) is 13.0 Å². The summed E-state index contributed by atoms with van der Waals surface area (Å²) < 4.78 is 1.81. The fourth-order valence-corrected chi connectivity index (χ4v) is 1.65. The molecule has 0 aliphatic carbocycles. The van der Waals surface area contributed by atoms with E-state index in [1.807, 2.05) is 37.0 Å². The first kappa shape index (κ1) is 12.3. The van der Waals surface area contributed by atoms with E-state index in [0.717, 1.165) is 36.8 Å². The van der Waals surface area contributed by atoms with E-state index in [9.17, 15) is 0 Å². The predicted molar refractivity (Wildman–Crippen MR) is 71.6 cm³/mol. The van der Waals surface area contributed by atoms with Crippen LogP contribution in [0.2, 0.25) is 0 Å². The van der Waals surface area contributed by atoms with Gasteiger partial charge in [0.15, 0.2) is 0 Å². The van der Waals surface area contributed by atoms with Crippen molar-refractivity contribution in [3.8, 4) is 0 Å². The summed E-state index contributed by atoms with van der Waals surface area (Å²) in [6, 6.07) is 3.92. The molecule has 6 heteroatoms. The fourth-order valence-electron chi connectivity index (χ4n) is 1.65. The highest BCUT2D eigenvalue weighted by Crippen LogP contribution is 2.08. The molecule has 2 heterocycles. The van der Waals surface area contributed by atoms with Gasteiger partial charge in [0.05, 0.1) is 5.69 Å². The molecule has 0 spiro atoms. The van der Waals surface area contributed by atoms with Gasteiger partial charge in [0.1, 0.15) is 18.0 Å². The Labute approximate surface area is 106 Å². The highest BCUT2D eigenvalue weighted by atomic mass is 15.2. The third-order valence-electron chi connectivity index (χ3n) is 2.48. The van der Waals surface area contributed by atoms with Gasteiger partial charge >= 0.3 is 0 Å². The quantitative estimate of drug-likeness (QED) is 0.804. The van der Waals surface area contributed by atoms with E-state index >= 15 is 0 Å². The number of rotatable bonds is 6. The van der Waals surface area contributed by atoms with Crippen LogP contribution in [0.3, 0.4) is 0 Å². The maximum absolute atomic E-state index is 4.32. The van der Waals surface area contributed by atoms with Gasteiger partial charge in [-0.2, -0.15) is 5.10 Å². The maximum atomic E-state index is 4.32. The zero-order chi connectivity index (χ0) is 12.8. The molecule has 0 atom stereocenters. The van der Waals surface area contributed by atoms with E-state index in [1.54, 1.807) is 6.33 Å². The zero-order valence-electron chi connectivity index (χ0n) is 10.7. The minimum Gasteiger partial charge on any atom is -0.370 e. The lowest BCUT2D eigenvalue weighted by Crippen LogP contribution is -2.08.